The number of fused-ring (bicyclic) bond motifs is 5. The highest BCUT2D eigenvalue weighted by molar-refractivity contribution is 7.47. The number of Topliss-reactive ketones (excluding diaryl/α,β-unsaturated/α-hetero) is 1. The van der Waals surface area contributed by atoms with E-state index in [1.807, 2.05) is 0 Å². The molecule has 0 aromatic carbocycles. The summed E-state index contributed by atoms with van der Waals surface area (Å²) in [6.45, 7) is 1.53. The van der Waals surface area contributed by atoms with Crippen LogP contribution in [0.3, 0.4) is 0 Å². The van der Waals surface area contributed by atoms with Crippen LogP contribution in [0.1, 0.15) is 65.0 Å². The lowest BCUT2D eigenvalue weighted by atomic mass is 9.44. The standard InChI is InChI=1S/C30H41FN3O12P/c1-27-8-5-16(35)11-15(27)3-4-18-17-6-9-29(41,28(17,2)12-20(36)30(18,27)31)21(37)14-45-47(42,43)44-13-19-23(38)24(39)25(46-19)34-10-7-22(32)33-26(34)40/h7,10-11,17-20,23-25,36,38-39,41H,3-6,8-9,12-14H2,1-2H3,(H,42,43)(H2,32,33,40)/t17-,18-,19+,20-,23+,24-,25+,27-,28-,29-,30-/m0/s1. The molecule has 0 spiro atoms. The number of ether oxygens (including phenoxy) is 1. The van der Waals surface area contributed by atoms with Crippen molar-refractivity contribution in [1.82, 2.24) is 9.55 Å². The summed E-state index contributed by atoms with van der Waals surface area (Å²) in [5.41, 5.74) is -1.24. The van der Waals surface area contributed by atoms with Gasteiger partial charge in [-0.15, -0.1) is 0 Å². The molecular formula is C30H41FN3O12P. The number of nitrogens with zero attached hydrogens (tertiary/aromatic N) is 2. The lowest BCUT2D eigenvalue weighted by molar-refractivity contribution is -0.226. The van der Waals surface area contributed by atoms with Crippen LogP contribution in [0, 0.1) is 22.7 Å². The van der Waals surface area contributed by atoms with Crippen molar-refractivity contribution < 1.29 is 57.6 Å². The Balaban J connectivity index is 1.11. The summed E-state index contributed by atoms with van der Waals surface area (Å²) in [6, 6.07) is 1.27. The average Bonchev–Trinajstić information content (AvgIpc) is 3.44. The molecule has 1 aliphatic heterocycles. The summed E-state index contributed by atoms with van der Waals surface area (Å²) in [5.74, 6) is -2.28. The first-order valence-electron chi connectivity index (χ1n) is 15.7. The number of hydrogen-bond acceptors (Lipinski definition) is 13. The first kappa shape index (κ1) is 34.5. The van der Waals surface area contributed by atoms with Gasteiger partial charge in [-0.2, -0.15) is 4.98 Å². The van der Waals surface area contributed by atoms with E-state index in [9.17, 15) is 44.3 Å². The van der Waals surface area contributed by atoms with Crippen molar-refractivity contribution in [2.24, 2.45) is 22.7 Å². The number of phosphoric ester groups is 1. The zero-order valence-electron chi connectivity index (χ0n) is 26.0. The number of ketones is 2. The Morgan fingerprint density at radius 2 is 1.87 bits per heavy atom. The summed E-state index contributed by atoms with van der Waals surface area (Å²) in [6.07, 6.45) is -3.76. The highest BCUT2D eigenvalue weighted by Crippen LogP contribution is 2.70. The summed E-state index contributed by atoms with van der Waals surface area (Å²) in [4.78, 5) is 51.6. The second kappa shape index (κ2) is 11.6. The average molecular weight is 686 g/mol. The fourth-order valence-electron chi connectivity index (χ4n) is 9.21. The Morgan fingerprint density at radius 1 is 1.15 bits per heavy atom. The molecule has 7 N–H and O–H groups in total. The number of hydrogen-bond donors (Lipinski definition) is 6. The molecule has 4 aliphatic carbocycles. The van der Waals surface area contributed by atoms with Gasteiger partial charge in [0.25, 0.3) is 0 Å². The molecule has 2 heterocycles. The minimum absolute atomic E-state index is 0.0676. The van der Waals surface area contributed by atoms with Crippen molar-refractivity contribution in [3.8, 4) is 0 Å². The number of nitrogens with two attached hydrogens (primary N) is 1. The Morgan fingerprint density at radius 3 is 2.57 bits per heavy atom. The van der Waals surface area contributed by atoms with Crippen LogP contribution in [0.25, 0.3) is 0 Å². The Kier molecular flexibility index (Phi) is 8.50. The van der Waals surface area contributed by atoms with Crippen molar-refractivity contribution in [3.63, 3.8) is 0 Å². The van der Waals surface area contributed by atoms with E-state index in [0.717, 1.165) is 4.57 Å². The molecule has 5 aliphatic rings. The number of alkyl halides is 1. The largest absolute Gasteiger partial charge is 0.472 e. The van der Waals surface area contributed by atoms with Gasteiger partial charge >= 0.3 is 13.5 Å². The Hall–Kier alpha value is -2.40. The van der Waals surface area contributed by atoms with Gasteiger partial charge in [-0.1, -0.05) is 19.4 Å². The van der Waals surface area contributed by atoms with E-state index in [2.05, 4.69) is 4.98 Å². The Labute approximate surface area is 269 Å². The maximum atomic E-state index is 17.3. The van der Waals surface area contributed by atoms with Crippen molar-refractivity contribution in [3.05, 3.63) is 34.4 Å². The first-order valence-corrected chi connectivity index (χ1v) is 17.2. The molecule has 0 amide bonds. The van der Waals surface area contributed by atoms with Crippen LogP contribution in [0.2, 0.25) is 0 Å². The molecule has 47 heavy (non-hydrogen) atoms. The van der Waals surface area contributed by atoms with Gasteiger partial charge in [-0.25, -0.2) is 13.8 Å². The number of nitrogen functional groups attached to an aromatic ring is 1. The number of rotatable bonds is 8. The molecule has 0 bridgehead atoms. The quantitative estimate of drug-likeness (QED) is 0.204. The molecule has 1 aromatic heterocycles. The minimum atomic E-state index is -5.00. The third kappa shape index (κ3) is 5.19. The van der Waals surface area contributed by atoms with Gasteiger partial charge in [-0.05, 0) is 56.6 Å². The van der Waals surface area contributed by atoms with Crippen LogP contribution in [-0.4, -0.2) is 95.3 Å². The van der Waals surface area contributed by atoms with Crippen molar-refractivity contribution in [2.75, 3.05) is 18.9 Å². The summed E-state index contributed by atoms with van der Waals surface area (Å²) < 4.78 is 46.3. The van der Waals surface area contributed by atoms with Crippen molar-refractivity contribution in [2.45, 2.75) is 101 Å². The fourth-order valence-corrected chi connectivity index (χ4v) is 9.90. The third-order valence-electron chi connectivity index (χ3n) is 11.9. The molecule has 1 saturated heterocycles. The van der Waals surface area contributed by atoms with Crippen LogP contribution < -0.4 is 11.4 Å². The maximum Gasteiger partial charge on any atom is 0.472 e. The van der Waals surface area contributed by atoms with Gasteiger partial charge in [0.1, 0.15) is 42.0 Å². The van der Waals surface area contributed by atoms with Crippen molar-refractivity contribution in [1.29, 1.82) is 0 Å². The van der Waals surface area contributed by atoms with Gasteiger partial charge in [0, 0.05) is 29.4 Å². The van der Waals surface area contributed by atoms with Crippen LogP contribution >= 0.6 is 7.82 Å². The molecule has 260 valence electrons. The predicted molar refractivity (Wildman–Crippen MR) is 159 cm³/mol. The predicted octanol–water partition coefficient (Wildman–Crippen LogP) is 0.473. The summed E-state index contributed by atoms with van der Waals surface area (Å²) in [5, 5.41) is 44.0. The van der Waals surface area contributed by atoms with E-state index in [1.165, 1.54) is 18.3 Å². The molecule has 6 rings (SSSR count). The maximum absolute atomic E-state index is 17.3. The van der Waals surface area contributed by atoms with E-state index in [0.29, 0.717) is 18.4 Å². The molecule has 1 unspecified atom stereocenters. The fraction of sp³-hybridized carbons (Fsp3) is 0.733. The molecule has 12 atom stereocenters. The van der Waals surface area contributed by atoms with E-state index in [4.69, 9.17) is 19.5 Å². The van der Waals surface area contributed by atoms with Crippen LogP contribution in [-0.2, 0) is 27.9 Å². The highest BCUT2D eigenvalue weighted by Gasteiger charge is 2.74. The second-order valence-electron chi connectivity index (χ2n) is 14.1. The van der Waals surface area contributed by atoms with E-state index < -0.39 is 97.1 Å². The number of halogens is 1. The van der Waals surface area contributed by atoms with Gasteiger partial charge in [0.2, 0.25) is 0 Å². The van der Waals surface area contributed by atoms with Crippen LogP contribution in [0.4, 0.5) is 10.2 Å². The smallest absolute Gasteiger partial charge is 0.390 e. The number of aliphatic hydroxyl groups excluding tert-OH is 3. The van der Waals surface area contributed by atoms with Crippen LogP contribution in [0.5, 0.6) is 0 Å². The molecule has 17 heteroatoms. The highest BCUT2D eigenvalue weighted by atomic mass is 31.2. The SMILES string of the molecule is C[C@]12CCC(=O)C=C1CC[C@H]1[C@@H]3CC[C@](O)(C(=O)COP(=O)(O)OC[C@H]4O[C@@H](n5ccc(N)nc5=O)[C@@H](O)[C@@H]4O)[C@@]3(C)C[C@H](O)[C@@]12F. The van der Waals surface area contributed by atoms with Gasteiger partial charge < -0.3 is 35.8 Å². The number of carbonyl (C=O) groups excluding carboxylic acids is 2. The zero-order valence-corrected chi connectivity index (χ0v) is 26.9. The summed E-state index contributed by atoms with van der Waals surface area (Å²) in [7, 11) is -5.00. The number of aromatic nitrogens is 2. The lowest BCUT2D eigenvalue weighted by Gasteiger charge is -2.63. The number of allylic oxidation sites excluding steroid dienone is 1. The van der Waals surface area contributed by atoms with E-state index >= 15 is 4.39 Å². The second-order valence-corrected chi connectivity index (χ2v) is 15.5. The van der Waals surface area contributed by atoms with Crippen LogP contribution in [0.15, 0.2) is 28.7 Å². The molecule has 4 fully saturated rings. The molecule has 1 aromatic rings. The zero-order chi connectivity index (χ0) is 34.3. The Bertz CT molecular complexity index is 1610. The lowest BCUT2D eigenvalue weighted by Crippen LogP contribution is -2.69. The number of aliphatic hydroxyl groups is 4. The molecular weight excluding hydrogens is 644 g/mol. The third-order valence-corrected chi connectivity index (χ3v) is 12.8. The monoisotopic (exact) mass is 685 g/mol. The van der Waals surface area contributed by atoms with Gasteiger partial charge in [0.15, 0.2) is 17.8 Å². The minimum Gasteiger partial charge on any atom is -0.390 e. The number of phosphoric acid groups is 1. The van der Waals surface area contributed by atoms with E-state index in [1.54, 1.807) is 13.8 Å². The van der Waals surface area contributed by atoms with Gasteiger partial charge in [-0.3, -0.25) is 23.2 Å². The summed E-state index contributed by atoms with van der Waals surface area (Å²) >= 11 is 0. The first-order chi connectivity index (χ1) is 21.9. The normalized spacial score (nSPS) is 44.2. The molecule has 0 radical (unpaired) electrons. The number of carbonyl (C=O) groups is 2. The van der Waals surface area contributed by atoms with Gasteiger partial charge in [0.05, 0.1) is 12.7 Å². The van der Waals surface area contributed by atoms with E-state index in [-0.39, 0.29) is 43.7 Å². The molecule has 15 nitrogen and oxygen atoms in total. The van der Waals surface area contributed by atoms with Crippen molar-refractivity contribution >= 4 is 25.2 Å². The number of anilines is 1. The molecule has 3 saturated carbocycles. The topological polar surface area (TPSA) is 241 Å².